The third-order valence-corrected chi connectivity index (χ3v) is 7.28. The van der Waals surface area contributed by atoms with Gasteiger partial charge in [-0.1, -0.05) is 56.4 Å². The van der Waals surface area contributed by atoms with Crippen LogP contribution in [0.25, 0.3) is 32.7 Å². The van der Waals surface area contributed by atoms with Crippen molar-refractivity contribution >= 4 is 45.4 Å². The number of fused-ring (bicyclic) bond motifs is 1. The Hall–Kier alpha value is -2.46. The summed E-state index contributed by atoms with van der Waals surface area (Å²) >= 11 is 1.37. The first kappa shape index (κ1) is 22.7. The summed E-state index contributed by atoms with van der Waals surface area (Å²) in [6.07, 6.45) is 0.504. The van der Waals surface area contributed by atoms with E-state index in [1.807, 2.05) is 57.8 Å². The van der Waals surface area contributed by atoms with Crippen LogP contribution >= 0.6 is 20.1 Å². The van der Waals surface area contributed by atoms with E-state index >= 15 is 0 Å². The summed E-state index contributed by atoms with van der Waals surface area (Å²) in [6, 6.07) is 9.38. The first-order valence-corrected chi connectivity index (χ1v) is 13.6. The molecule has 4 rings (SSSR count). The Labute approximate surface area is 192 Å². The van der Waals surface area contributed by atoms with Gasteiger partial charge in [0.25, 0.3) is 0 Å². The monoisotopic (exact) mass is 489 g/mol. The summed E-state index contributed by atoms with van der Waals surface area (Å²) in [4.78, 5) is 4.49. The van der Waals surface area contributed by atoms with Gasteiger partial charge in [0.2, 0.25) is 15.8 Å². The van der Waals surface area contributed by atoms with E-state index in [0.29, 0.717) is 33.8 Å². The number of sulfonamides is 1. The fourth-order valence-corrected chi connectivity index (χ4v) is 5.78. The standard InChI is InChI=1S/C20H24N7O2PS2/c1-20(2,3)10-11-8-9-12(13-6-5-7-14-16(13)23-19(21)31-14)15(17(11)32(22,28)29)18-24-26-27(25-18)30-4/h5-9,30H,10H2,1-4H3,(H2,21,23)(H2,22,28,29). The molecule has 0 aliphatic rings. The number of hydrogen-bond donors (Lipinski definition) is 2. The van der Waals surface area contributed by atoms with E-state index in [1.165, 1.54) is 15.9 Å². The van der Waals surface area contributed by atoms with Gasteiger partial charge in [0.1, 0.15) is 0 Å². The number of thiazole rings is 1. The van der Waals surface area contributed by atoms with Crippen molar-refractivity contribution in [1.29, 1.82) is 0 Å². The van der Waals surface area contributed by atoms with Crippen LogP contribution in [-0.4, -0.2) is 40.0 Å². The van der Waals surface area contributed by atoms with Gasteiger partial charge >= 0.3 is 0 Å². The number of aromatic nitrogens is 5. The van der Waals surface area contributed by atoms with Crippen molar-refractivity contribution in [3.63, 3.8) is 0 Å². The molecular formula is C20H24N7O2PS2. The van der Waals surface area contributed by atoms with Crippen LogP contribution in [0.3, 0.4) is 0 Å². The van der Waals surface area contributed by atoms with E-state index in [4.69, 9.17) is 10.9 Å². The fraction of sp³-hybridized carbons (Fsp3) is 0.300. The molecule has 0 saturated carbocycles. The summed E-state index contributed by atoms with van der Waals surface area (Å²) in [5, 5.41) is 18.9. The maximum absolute atomic E-state index is 12.9. The maximum Gasteiger partial charge on any atom is 0.239 e. The molecule has 32 heavy (non-hydrogen) atoms. The van der Waals surface area contributed by atoms with Crippen molar-refractivity contribution in [3.8, 4) is 22.5 Å². The van der Waals surface area contributed by atoms with Gasteiger partial charge in [-0.05, 0) is 40.9 Å². The average molecular weight is 490 g/mol. The van der Waals surface area contributed by atoms with Crippen molar-refractivity contribution < 1.29 is 8.42 Å². The summed E-state index contributed by atoms with van der Waals surface area (Å²) in [7, 11) is -3.88. The second-order valence-corrected chi connectivity index (χ2v) is 12.0. The Morgan fingerprint density at radius 2 is 1.91 bits per heavy atom. The highest BCUT2D eigenvalue weighted by Gasteiger charge is 2.29. The van der Waals surface area contributed by atoms with Crippen molar-refractivity contribution in [2.24, 2.45) is 10.6 Å². The molecule has 2 aromatic heterocycles. The third kappa shape index (κ3) is 4.38. The lowest BCUT2D eigenvalue weighted by Crippen LogP contribution is -2.20. The van der Waals surface area contributed by atoms with Gasteiger partial charge in [0, 0.05) is 14.3 Å². The minimum absolute atomic E-state index is 0.0177. The number of tetrazole rings is 1. The van der Waals surface area contributed by atoms with Crippen molar-refractivity contribution in [3.05, 3.63) is 35.9 Å². The molecule has 0 amide bonds. The highest BCUT2D eigenvalue weighted by Crippen LogP contribution is 2.42. The maximum atomic E-state index is 12.9. The van der Waals surface area contributed by atoms with E-state index in [-0.39, 0.29) is 24.9 Å². The molecule has 1 atom stereocenters. The molecule has 4 N–H and O–H groups in total. The van der Waals surface area contributed by atoms with Crippen LogP contribution in [0.15, 0.2) is 35.2 Å². The predicted octanol–water partition coefficient (Wildman–Crippen LogP) is 3.51. The smallest absolute Gasteiger partial charge is 0.239 e. The minimum Gasteiger partial charge on any atom is -0.375 e. The molecule has 0 saturated heterocycles. The molecule has 2 aromatic carbocycles. The Morgan fingerprint density at radius 1 is 1.16 bits per heavy atom. The third-order valence-electron chi connectivity index (χ3n) is 4.81. The lowest BCUT2D eigenvalue weighted by molar-refractivity contribution is 0.408. The second kappa shape index (κ2) is 8.15. The number of hydrogen-bond acceptors (Lipinski definition) is 8. The van der Waals surface area contributed by atoms with E-state index in [1.54, 1.807) is 0 Å². The average Bonchev–Trinajstić information content (AvgIpc) is 3.30. The van der Waals surface area contributed by atoms with Crippen LogP contribution in [0.1, 0.15) is 26.3 Å². The number of benzene rings is 2. The number of rotatable bonds is 5. The molecule has 4 aromatic rings. The molecule has 0 fully saturated rings. The Kier molecular flexibility index (Phi) is 5.79. The van der Waals surface area contributed by atoms with Crippen LogP contribution < -0.4 is 10.9 Å². The summed E-state index contributed by atoms with van der Waals surface area (Å²) in [5.41, 5.74) is 8.75. The quantitative estimate of drug-likeness (QED) is 0.408. The van der Waals surface area contributed by atoms with Gasteiger partial charge in [-0.3, -0.25) is 0 Å². The predicted molar refractivity (Wildman–Crippen MR) is 130 cm³/mol. The molecule has 0 spiro atoms. The summed E-state index contributed by atoms with van der Waals surface area (Å²) in [6.45, 7) is 8.03. The van der Waals surface area contributed by atoms with Gasteiger partial charge < -0.3 is 5.73 Å². The van der Waals surface area contributed by atoms with Crippen molar-refractivity contribution in [1.82, 2.24) is 25.0 Å². The molecule has 0 aliphatic carbocycles. The zero-order valence-electron chi connectivity index (χ0n) is 18.1. The lowest BCUT2D eigenvalue weighted by Gasteiger charge is -2.22. The first-order valence-electron chi connectivity index (χ1n) is 9.80. The Morgan fingerprint density at radius 3 is 2.53 bits per heavy atom. The van der Waals surface area contributed by atoms with Crippen LogP contribution in [-0.2, 0) is 16.4 Å². The van der Waals surface area contributed by atoms with Crippen LogP contribution in [0.2, 0.25) is 0 Å². The normalized spacial score (nSPS) is 12.9. The number of anilines is 1. The number of nitrogen functional groups attached to an aromatic ring is 1. The van der Waals surface area contributed by atoms with E-state index in [2.05, 4.69) is 20.4 Å². The molecule has 2 heterocycles. The van der Waals surface area contributed by atoms with Gasteiger partial charge in [0.05, 0.1) is 20.7 Å². The van der Waals surface area contributed by atoms with E-state index < -0.39 is 10.0 Å². The molecule has 0 bridgehead atoms. The van der Waals surface area contributed by atoms with Gasteiger partial charge in [-0.2, -0.15) is 0 Å². The van der Waals surface area contributed by atoms with E-state index in [0.717, 1.165) is 10.3 Å². The van der Waals surface area contributed by atoms with Gasteiger partial charge in [-0.25, -0.2) is 18.5 Å². The molecule has 168 valence electrons. The van der Waals surface area contributed by atoms with Gasteiger partial charge in [-0.15, -0.1) is 14.8 Å². The first-order chi connectivity index (χ1) is 15.0. The summed E-state index contributed by atoms with van der Waals surface area (Å²) in [5.74, 6) is 0.203. The largest absolute Gasteiger partial charge is 0.375 e. The topological polar surface area (TPSA) is 143 Å². The van der Waals surface area contributed by atoms with Crippen molar-refractivity contribution in [2.45, 2.75) is 32.1 Å². The summed E-state index contributed by atoms with van der Waals surface area (Å²) < 4.78 is 28.2. The minimum atomic E-state index is -4.12. The molecule has 0 aliphatic heterocycles. The van der Waals surface area contributed by atoms with Crippen molar-refractivity contribution in [2.75, 3.05) is 12.4 Å². The molecule has 1 unspecified atom stereocenters. The zero-order chi connectivity index (χ0) is 23.3. The fourth-order valence-electron chi connectivity index (χ4n) is 3.70. The highest BCUT2D eigenvalue weighted by atomic mass is 32.2. The van der Waals surface area contributed by atoms with Crippen LogP contribution in [0, 0.1) is 5.41 Å². The van der Waals surface area contributed by atoms with Gasteiger partial charge in [0.15, 0.2) is 5.13 Å². The number of para-hydroxylation sites is 1. The number of nitrogens with two attached hydrogens (primary N) is 2. The highest BCUT2D eigenvalue weighted by molar-refractivity contribution is 7.89. The SMILES string of the molecule is CPn1nnc(-c2c(-c3cccc4sc(N)nc34)ccc(CC(C)(C)C)c2S(N)(=O)=O)n1. The molecule has 9 nitrogen and oxygen atoms in total. The van der Waals surface area contributed by atoms with Crippen LogP contribution in [0.5, 0.6) is 0 Å². The molecule has 12 heteroatoms. The molecular weight excluding hydrogens is 465 g/mol. The number of nitrogens with zero attached hydrogens (tertiary/aromatic N) is 5. The van der Waals surface area contributed by atoms with Crippen LogP contribution in [0.4, 0.5) is 5.13 Å². The van der Waals surface area contributed by atoms with E-state index in [9.17, 15) is 8.42 Å². The zero-order valence-corrected chi connectivity index (χ0v) is 20.8. The Bertz CT molecular complexity index is 1420. The second-order valence-electron chi connectivity index (χ2n) is 8.59. The lowest BCUT2D eigenvalue weighted by atomic mass is 9.86. The molecule has 0 radical (unpaired) electrons. The Balaban J connectivity index is 2.13. The number of primary sulfonamides is 1.